The molecule has 19 heavy (non-hydrogen) atoms. The van der Waals surface area contributed by atoms with Gasteiger partial charge in [-0.3, -0.25) is 0 Å². The molecule has 0 aliphatic heterocycles. The zero-order valence-corrected chi connectivity index (χ0v) is 12.7. The summed E-state index contributed by atoms with van der Waals surface area (Å²) in [7, 11) is 0. The van der Waals surface area contributed by atoms with Crippen LogP contribution in [0.1, 0.15) is 5.56 Å². The number of hydrogen-bond acceptors (Lipinski definition) is 2. The molecule has 3 N–H and O–H groups in total. The molecule has 0 amide bonds. The van der Waals surface area contributed by atoms with Gasteiger partial charge < -0.3 is 11.1 Å². The van der Waals surface area contributed by atoms with Gasteiger partial charge in [-0.05, 0) is 52.3 Å². The third-order valence-corrected chi connectivity index (χ3v) is 3.63. The molecule has 0 saturated heterocycles. The summed E-state index contributed by atoms with van der Waals surface area (Å²) >= 11 is 14.1. The number of rotatable bonds is 3. The summed E-state index contributed by atoms with van der Waals surface area (Å²) in [5.74, 6) is -0.449. The van der Waals surface area contributed by atoms with Crippen LogP contribution < -0.4 is 11.1 Å². The molecule has 2 aromatic carbocycles. The smallest absolute Gasteiger partial charge is 0.141 e. The van der Waals surface area contributed by atoms with E-state index in [2.05, 4.69) is 21.2 Å². The largest absolute Gasteiger partial charge is 0.389 e. The van der Waals surface area contributed by atoms with Gasteiger partial charge in [-0.15, -0.1) is 0 Å². The lowest BCUT2D eigenvalue weighted by molar-refractivity contribution is 0.628. The summed E-state index contributed by atoms with van der Waals surface area (Å²) in [6.07, 6.45) is 0. The second-order valence-electron chi connectivity index (χ2n) is 3.81. The average molecular weight is 360 g/mol. The molecule has 0 radical (unpaired) electrons. The van der Waals surface area contributed by atoms with Crippen molar-refractivity contribution in [2.24, 2.45) is 5.73 Å². The Morgan fingerprint density at radius 3 is 2.58 bits per heavy atom. The first-order valence-electron chi connectivity index (χ1n) is 5.29. The van der Waals surface area contributed by atoms with Crippen LogP contribution >= 0.6 is 39.7 Å². The Hall–Kier alpha value is -1.17. The molecule has 0 saturated carbocycles. The fourth-order valence-electron chi connectivity index (χ4n) is 1.50. The highest BCUT2D eigenvalue weighted by Gasteiger charge is 2.05. The lowest BCUT2D eigenvalue weighted by atomic mass is 10.2. The Bertz CT molecular complexity index is 649. The Morgan fingerprint density at radius 2 is 2.00 bits per heavy atom. The molecule has 98 valence electrons. The Balaban J connectivity index is 2.28. The normalized spacial score (nSPS) is 10.3. The van der Waals surface area contributed by atoms with Crippen molar-refractivity contribution in [3.63, 3.8) is 0 Å². The predicted octanol–water partition coefficient (Wildman–Crippen LogP) is 4.62. The van der Waals surface area contributed by atoms with E-state index in [9.17, 15) is 4.39 Å². The number of benzene rings is 2. The first-order valence-corrected chi connectivity index (χ1v) is 6.87. The molecule has 6 heteroatoms. The molecule has 0 bridgehead atoms. The predicted molar refractivity (Wildman–Crippen MR) is 84.7 cm³/mol. The maximum atomic E-state index is 13.1. The number of nitrogens with one attached hydrogen (secondary N) is 1. The van der Waals surface area contributed by atoms with Crippen molar-refractivity contribution < 1.29 is 4.39 Å². The van der Waals surface area contributed by atoms with Crippen LogP contribution in [-0.2, 0) is 0 Å². The first-order chi connectivity index (χ1) is 8.97. The molecule has 2 nitrogen and oxygen atoms in total. The van der Waals surface area contributed by atoms with Gasteiger partial charge in [-0.2, -0.15) is 0 Å². The van der Waals surface area contributed by atoms with Crippen LogP contribution in [0.25, 0.3) is 0 Å². The zero-order chi connectivity index (χ0) is 14.0. The van der Waals surface area contributed by atoms with Gasteiger partial charge in [0, 0.05) is 15.7 Å². The molecule has 0 unspecified atom stereocenters. The van der Waals surface area contributed by atoms with Gasteiger partial charge in [0.15, 0.2) is 0 Å². The number of nitrogens with two attached hydrogens (primary N) is 1. The monoisotopic (exact) mass is 358 g/mol. The van der Waals surface area contributed by atoms with E-state index >= 15 is 0 Å². The highest BCUT2D eigenvalue weighted by Crippen LogP contribution is 2.28. The maximum Gasteiger partial charge on any atom is 0.141 e. The zero-order valence-electron chi connectivity index (χ0n) is 9.58. The fourth-order valence-corrected chi connectivity index (χ4v) is 2.28. The summed E-state index contributed by atoms with van der Waals surface area (Å²) in [6.45, 7) is 0. The Kier molecular flexibility index (Phi) is 4.39. The topological polar surface area (TPSA) is 38.0 Å². The highest BCUT2D eigenvalue weighted by molar-refractivity contribution is 9.10. The minimum atomic E-state index is -0.449. The van der Waals surface area contributed by atoms with Crippen molar-refractivity contribution in [3.05, 3.63) is 57.3 Å². The Labute approximate surface area is 128 Å². The summed E-state index contributed by atoms with van der Waals surface area (Å²) in [4.78, 5) is 0.331. The summed E-state index contributed by atoms with van der Waals surface area (Å²) < 4.78 is 13.9. The standard InChI is InChI=1S/C13H9BrClFN2S/c14-9-5-7(13(17)19)1-4-12(9)18-8-2-3-11(16)10(15)6-8/h1-6,18H,(H2,17,19). The molecule has 0 aliphatic rings. The molecule has 0 fully saturated rings. The molecular formula is C13H9BrClFN2S. The lowest BCUT2D eigenvalue weighted by Crippen LogP contribution is -2.09. The molecule has 0 aromatic heterocycles. The van der Waals surface area contributed by atoms with E-state index in [0.29, 0.717) is 10.7 Å². The van der Waals surface area contributed by atoms with E-state index < -0.39 is 5.82 Å². The van der Waals surface area contributed by atoms with E-state index in [0.717, 1.165) is 15.7 Å². The van der Waals surface area contributed by atoms with Gasteiger partial charge in [-0.1, -0.05) is 23.8 Å². The molecule has 0 heterocycles. The molecule has 2 aromatic rings. The molecule has 0 aliphatic carbocycles. The summed E-state index contributed by atoms with van der Waals surface area (Å²) in [5.41, 5.74) is 7.82. The maximum absolute atomic E-state index is 13.1. The van der Waals surface area contributed by atoms with E-state index in [4.69, 9.17) is 29.6 Å². The Morgan fingerprint density at radius 1 is 1.26 bits per heavy atom. The van der Waals surface area contributed by atoms with Crippen LogP contribution in [0.15, 0.2) is 40.9 Å². The molecular weight excluding hydrogens is 351 g/mol. The van der Waals surface area contributed by atoms with Crippen LogP contribution in [0.2, 0.25) is 5.02 Å². The summed E-state index contributed by atoms with van der Waals surface area (Å²) in [6, 6.07) is 9.88. The molecule has 2 rings (SSSR count). The average Bonchev–Trinajstić information content (AvgIpc) is 2.36. The van der Waals surface area contributed by atoms with Gasteiger partial charge in [0.1, 0.15) is 10.8 Å². The number of halogens is 3. The van der Waals surface area contributed by atoms with Crippen LogP contribution in [0.5, 0.6) is 0 Å². The van der Waals surface area contributed by atoms with Crippen molar-refractivity contribution in [2.75, 3.05) is 5.32 Å². The quantitative estimate of drug-likeness (QED) is 0.785. The van der Waals surface area contributed by atoms with Crippen LogP contribution in [0, 0.1) is 5.82 Å². The van der Waals surface area contributed by atoms with E-state index in [1.54, 1.807) is 12.1 Å². The van der Waals surface area contributed by atoms with E-state index in [1.165, 1.54) is 12.1 Å². The van der Waals surface area contributed by atoms with Crippen molar-refractivity contribution in [2.45, 2.75) is 0 Å². The molecule has 0 spiro atoms. The second-order valence-corrected chi connectivity index (χ2v) is 5.51. The van der Waals surface area contributed by atoms with Crippen molar-refractivity contribution in [3.8, 4) is 0 Å². The fraction of sp³-hybridized carbons (Fsp3) is 0. The highest BCUT2D eigenvalue weighted by atomic mass is 79.9. The van der Waals surface area contributed by atoms with E-state index in [-0.39, 0.29) is 5.02 Å². The van der Waals surface area contributed by atoms with Crippen LogP contribution in [0.3, 0.4) is 0 Å². The van der Waals surface area contributed by atoms with Gasteiger partial charge in [0.2, 0.25) is 0 Å². The molecule has 0 atom stereocenters. The van der Waals surface area contributed by atoms with Gasteiger partial charge in [-0.25, -0.2) is 4.39 Å². The van der Waals surface area contributed by atoms with Crippen molar-refractivity contribution in [1.82, 2.24) is 0 Å². The number of thiocarbonyl (C=S) groups is 1. The van der Waals surface area contributed by atoms with Gasteiger partial charge in [0.25, 0.3) is 0 Å². The minimum absolute atomic E-state index is 0.0703. The number of hydrogen-bond donors (Lipinski definition) is 2. The van der Waals surface area contributed by atoms with Crippen molar-refractivity contribution in [1.29, 1.82) is 0 Å². The van der Waals surface area contributed by atoms with Crippen LogP contribution in [-0.4, -0.2) is 4.99 Å². The summed E-state index contributed by atoms with van der Waals surface area (Å²) in [5, 5.41) is 3.19. The number of anilines is 2. The minimum Gasteiger partial charge on any atom is -0.389 e. The van der Waals surface area contributed by atoms with Gasteiger partial charge >= 0.3 is 0 Å². The third-order valence-electron chi connectivity index (χ3n) is 2.45. The second kappa shape index (κ2) is 5.86. The third kappa shape index (κ3) is 3.43. The SMILES string of the molecule is NC(=S)c1ccc(Nc2ccc(F)c(Cl)c2)c(Br)c1. The lowest BCUT2D eigenvalue weighted by Gasteiger charge is -2.10. The van der Waals surface area contributed by atoms with Crippen molar-refractivity contribution >= 4 is 56.1 Å². The van der Waals surface area contributed by atoms with Crippen LogP contribution in [0.4, 0.5) is 15.8 Å². The van der Waals surface area contributed by atoms with Gasteiger partial charge in [0.05, 0.1) is 10.7 Å². The first kappa shape index (κ1) is 14.2. The van der Waals surface area contributed by atoms with E-state index in [1.807, 2.05) is 12.1 Å².